The molecule has 2 unspecified atom stereocenters. The summed E-state index contributed by atoms with van der Waals surface area (Å²) in [6.45, 7) is 0.115. The average Bonchev–Trinajstić information content (AvgIpc) is 3.48. The number of fused-ring (bicyclic) bond motifs is 3. The van der Waals surface area contributed by atoms with Crippen molar-refractivity contribution in [1.82, 2.24) is 10.1 Å². The molecule has 1 aliphatic carbocycles. The number of hydrogen-bond acceptors (Lipinski definition) is 8. The van der Waals surface area contributed by atoms with Gasteiger partial charge in [0.2, 0.25) is 0 Å². The summed E-state index contributed by atoms with van der Waals surface area (Å²) < 4.78 is 73.5. The first kappa shape index (κ1) is 27.3. The van der Waals surface area contributed by atoms with E-state index in [-0.39, 0.29) is 53.0 Å². The van der Waals surface area contributed by atoms with Gasteiger partial charge in [-0.05, 0) is 56.7 Å². The van der Waals surface area contributed by atoms with E-state index < -0.39 is 23.5 Å². The lowest BCUT2D eigenvalue weighted by Gasteiger charge is -2.38. The van der Waals surface area contributed by atoms with E-state index in [0.717, 1.165) is 37.8 Å². The molecule has 0 radical (unpaired) electrons. The first-order valence-electron chi connectivity index (χ1n) is 13.9. The lowest BCUT2D eigenvalue weighted by Crippen LogP contribution is -2.45. The van der Waals surface area contributed by atoms with Gasteiger partial charge in [-0.1, -0.05) is 34.7 Å². The lowest BCUT2D eigenvalue weighted by atomic mass is 9.98. The number of nitrogens with zero attached hydrogens (tertiary/aromatic N) is 3. The fourth-order valence-electron chi connectivity index (χ4n) is 6.38. The fourth-order valence-corrected chi connectivity index (χ4v) is 7.54. The van der Waals surface area contributed by atoms with Crippen LogP contribution in [0, 0.1) is 5.82 Å². The highest BCUT2D eigenvalue weighted by Gasteiger charge is 2.43. The van der Waals surface area contributed by atoms with Gasteiger partial charge in [0, 0.05) is 29.1 Å². The summed E-state index contributed by atoms with van der Waals surface area (Å²) in [5, 5.41) is 4.81. The van der Waals surface area contributed by atoms with E-state index in [1.54, 1.807) is 12.1 Å². The van der Waals surface area contributed by atoms with Gasteiger partial charge in [0.1, 0.15) is 17.0 Å². The smallest absolute Gasteiger partial charge is 0.417 e. The van der Waals surface area contributed by atoms with Crippen LogP contribution in [0.25, 0.3) is 21.5 Å². The minimum Gasteiger partial charge on any atom is -0.465 e. The van der Waals surface area contributed by atoms with Crippen LogP contribution in [0.3, 0.4) is 0 Å². The van der Waals surface area contributed by atoms with Crippen LogP contribution in [0.4, 0.5) is 22.7 Å². The van der Waals surface area contributed by atoms with Crippen LogP contribution in [0.15, 0.2) is 40.9 Å². The van der Waals surface area contributed by atoms with Crippen LogP contribution in [0.2, 0.25) is 0 Å². The van der Waals surface area contributed by atoms with Gasteiger partial charge in [-0.2, -0.15) is 13.2 Å². The van der Waals surface area contributed by atoms with Gasteiger partial charge in [-0.25, -0.2) is 14.2 Å². The monoisotopic (exact) mass is 601 g/mol. The Kier molecular flexibility index (Phi) is 6.73. The van der Waals surface area contributed by atoms with Gasteiger partial charge in [-0.3, -0.25) is 0 Å². The summed E-state index contributed by atoms with van der Waals surface area (Å²) in [6, 6.07) is 8.44. The second-order valence-electron chi connectivity index (χ2n) is 11.2. The van der Waals surface area contributed by atoms with Crippen LogP contribution >= 0.6 is 11.3 Å². The highest BCUT2D eigenvalue weighted by atomic mass is 32.1. The maximum Gasteiger partial charge on any atom is 0.417 e. The number of anilines is 1. The van der Waals surface area contributed by atoms with Crippen molar-refractivity contribution in [2.24, 2.45) is 0 Å². The lowest BCUT2D eigenvalue weighted by molar-refractivity contribution is -0.137. The Bertz CT molecular complexity index is 1650. The van der Waals surface area contributed by atoms with Gasteiger partial charge in [0.05, 0.1) is 35.6 Å². The van der Waals surface area contributed by atoms with Gasteiger partial charge >= 0.3 is 12.1 Å². The maximum atomic E-state index is 14.8. The Labute approximate surface area is 242 Å². The summed E-state index contributed by atoms with van der Waals surface area (Å²) in [4.78, 5) is 18.8. The molecule has 3 aliphatic rings. The molecular weight excluding hydrogens is 574 g/mol. The van der Waals surface area contributed by atoms with Crippen molar-refractivity contribution in [2.75, 3.05) is 12.0 Å². The SMILES string of the molecule is COC(=O)c1cc(F)c2nc(N3C4CCC3CC(OCc3c(-c5ccccc5C(F)(F)F)noc3C3CC3)C4)sc2c1. The number of aromatic nitrogens is 2. The van der Waals surface area contributed by atoms with Crippen molar-refractivity contribution >= 4 is 32.7 Å². The van der Waals surface area contributed by atoms with Crippen molar-refractivity contribution in [3.05, 3.63) is 64.7 Å². The van der Waals surface area contributed by atoms with Crippen LogP contribution in [-0.2, 0) is 22.3 Å². The zero-order valence-corrected chi connectivity index (χ0v) is 23.4. The summed E-state index contributed by atoms with van der Waals surface area (Å²) >= 11 is 1.35. The molecular formula is C30H27F4N3O4S. The van der Waals surface area contributed by atoms with E-state index in [9.17, 15) is 22.4 Å². The summed E-state index contributed by atoms with van der Waals surface area (Å²) in [5.74, 6) is -0.402. The van der Waals surface area contributed by atoms with Gasteiger partial charge in [0.15, 0.2) is 10.9 Å². The zero-order valence-electron chi connectivity index (χ0n) is 22.6. The molecule has 0 N–H and O–H groups in total. The largest absolute Gasteiger partial charge is 0.465 e. The summed E-state index contributed by atoms with van der Waals surface area (Å²) in [7, 11) is 1.25. The molecule has 0 amide bonds. The highest BCUT2D eigenvalue weighted by Crippen LogP contribution is 2.47. The van der Waals surface area contributed by atoms with E-state index >= 15 is 0 Å². The molecule has 7 rings (SSSR count). The van der Waals surface area contributed by atoms with E-state index in [2.05, 4.69) is 15.0 Å². The van der Waals surface area contributed by atoms with Crippen molar-refractivity contribution in [1.29, 1.82) is 0 Å². The Balaban J connectivity index is 1.11. The molecule has 4 aromatic rings. The minimum atomic E-state index is -4.52. The molecule has 2 atom stereocenters. The standard InChI is InChI=1S/C30H27F4N3O4S/c1-39-28(38)16-10-23(31)26-24(11-16)42-29(35-26)37-17-8-9-18(37)13-19(12-17)40-14-21-25(36-41-27(21)15-6-7-15)20-4-2-3-5-22(20)30(32,33)34/h2-5,10-11,15,17-19H,6-9,12-14H2,1H3. The average molecular weight is 602 g/mol. The normalized spacial score (nSPS) is 22.2. The molecule has 2 saturated heterocycles. The van der Waals surface area contributed by atoms with Crippen molar-refractivity contribution in [3.63, 3.8) is 0 Å². The fraction of sp³-hybridized carbons (Fsp3) is 0.433. The van der Waals surface area contributed by atoms with Gasteiger partial charge in [-0.15, -0.1) is 0 Å². The molecule has 220 valence electrons. The van der Waals surface area contributed by atoms with Gasteiger partial charge < -0.3 is 18.9 Å². The minimum absolute atomic E-state index is 0.00689. The van der Waals surface area contributed by atoms with E-state index in [0.29, 0.717) is 34.0 Å². The number of ether oxygens (including phenoxy) is 2. The third-order valence-corrected chi connectivity index (χ3v) is 9.50. The van der Waals surface area contributed by atoms with E-state index in [1.165, 1.54) is 30.6 Å². The third kappa shape index (κ3) is 4.84. The zero-order chi connectivity index (χ0) is 29.2. The third-order valence-electron chi connectivity index (χ3n) is 8.49. The van der Waals surface area contributed by atoms with Crippen LogP contribution in [0.5, 0.6) is 0 Å². The molecule has 42 heavy (non-hydrogen) atoms. The number of carbonyl (C=O) groups excluding carboxylic acids is 1. The number of carbonyl (C=O) groups is 1. The van der Waals surface area contributed by atoms with E-state index in [1.807, 2.05) is 0 Å². The van der Waals surface area contributed by atoms with E-state index in [4.69, 9.17) is 14.0 Å². The second kappa shape index (κ2) is 10.3. The van der Waals surface area contributed by atoms with Gasteiger partial charge in [0.25, 0.3) is 0 Å². The Morgan fingerprint density at radius 3 is 2.55 bits per heavy atom. The van der Waals surface area contributed by atoms with Crippen LogP contribution in [-0.4, -0.2) is 41.4 Å². The molecule has 7 nitrogen and oxygen atoms in total. The second-order valence-corrected chi connectivity index (χ2v) is 12.2. The Morgan fingerprint density at radius 1 is 1.12 bits per heavy atom. The predicted octanol–water partition coefficient (Wildman–Crippen LogP) is 7.49. The molecule has 2 bridgehead atoms. The first-order chi connectivity index (χ1) is 20.2. The number of benzene rings is 2. The molecule has 2 aromatic carbocycles. The maximum absolute atomic E-state index is 14.8. The molecule has 1 saturated carbocycles. The van der Waals surface area contributed by atoms with Crippen molar-refractivity contribution in [2.45, 2.75) is 75.4 Å². The number of halogens is 4. The molecule has 4 heterocycles. The number of thiazole rings is 1. The van der Waals surface area contributed by atoms with Crippen LogP contribution < -0.4 is 4.90 Å². The Morgan fingerprint density at radius 2 is 1.86 bits per heavy atom. The molecule has 12 heteroatoms. The first-order valence-corrected chi connectivity index (χ1v) is 14.8. The highest BCUT2D eigenvalue weighted by molar-refractivity contribution is 7.22. The predicted molar refractivity (Wildman–Crippen MR) is 147 cm³/mol. The Hall–Kier alpha value is -3.51. The van der Waals surface area contributed by atoms with Crippen LogP contribution in [0.1, 0.15) is 71.7 Å². The molecule has 0 spiro atoms. The number of alkyl halides is 3. The molecule has 2 aliphatic heterocycles. The van der Waals surface area contributed by atoms with Crippen molar-refractivity contribution < 1.29 is 36.4 Å². The topological polar surface area (TPSA) is 77.7 Å². The molecule has 2 aromatic heterocycles. The van der Waals surface area contributed by atoms with Crippen molar-refractivity contribution in [3.8, 4) is 11.3 Å². The number of methoxy groups -OCH3 is 1. The number of piperidine rings is 1. The summed E-state index contributed by atoms with van der Waals surface area (Å²) in [5.41, 5.74) is 0.392. The number of hydrogen-bond donors (Lipinski definition) is 0. The quantitative estimate of drug-likeness (QED) is 0.160. The molecule has 3 fully saturated rings. The number of esters is 1. The summed E-state index contributed by atoms with van der Waals surface area (Å²) in [6.07, 6.45) is 0.473. The number of rotatable bonds is 7.